The highest BCUT2D eigenvalue weighted by Crippen LogP contribution is 2.38. The molecule has 0 radical (unpaired) electrons. The predicted molar refractivity (Wildman–Crippen MR) is 135 cm³/mol. The first-order chi connectivity index (χ1) is 16.9. The maximum absolute atomic E-state index is 9.55. The molecule has 0 bridgehead atoms. The van der Waals surface area contributed by atoms with Crippen LogP contribution in [0.1, 0.15) is 17.5 Å². The summed E-state index contributed by atoms with van der Waals surface area (Å²) in [5.41, 5.74) is 5.17. The number of pyridine rings is 2. The van der Waals surface area contributed by atoms with E-state index in [9.17, 15) is 9.59 Å². The third-order valence-corrected chi connectivity index (χ3v) is 5.01. The second-order valence-electron chi connectivity index (χ2n) is 7.88. The molecule has 0 spiro atoms. The maximum Gasteiger partial charge on any atom is 0.328 e. The highest BCUT2D eigenvalue weighted by molar-refractivity contribution is 6.18. The molecule has 0 unspecified atom stereocenters. The lowest BCUT2D eigenvalue weighted by Crippen LogP contribution is -2.24. The molecule has 35 heavy (non-hydrogen) atoms. The van der Waals surface area contributed by atoms with Gasteiger partial charge in [-0.05, 0) is 57.4 Å². The van der Waals surface area contributed by atoms with Crippen LogP contribution < -0.4 is 4.90 Å². The van der Waals surface area contributed by atoms with Gasteiger partial charge in [-0.2, -0.15) is 0 Å². The van der Waals surface area contributed by atoms with Crippen molar-refractivity contribution in [2.75, 3.05) is 32.1 Å². The van der Waals surface area contributed by atoms with Gasteiger partial charge in [0.25, 0.3) is 0 Å². The zero-order valence-electron chi connectivity index (χ0n) is 19.6. The molecule has 0 amide bonds. The lowest BCUT2D eigenvalue weighted by atomic mass is 10.0. The van der Waals surface area contributed by atoms with Crippen molar-refractivity contribution in [3.63, 3.8) is 0 Å². The van der Waals surface area contributed by atoms with E-state index in [0.717, 1.165) is 53.5 Å². The van der Waals surface area contributed by atoms with Crippen LogP contribution in [0.15, 0.2) is 84.3 Å². The molecule has 180 valence electrons. The van der Waals surface area contributed by atoms with Crippen molar-refractivity contribution in [1.82, 2.24) is 14.9 Å². The molecule has 3 aromatic rings. The Kier molecular flexibility index (Phi) is 8.80. The number of carbonyl (C=O) groups is 2. The van der Waals surface area contributed by atoms with Crippen molar-refractivity contribution in [2.45, 2.75) is 6.42 Å². The van der Waals surface area contributed by atoms with Gasteiger partial charge in [-0.25, -0.2) is 19.6 Å². The fourth-order valence-electron chi connectivity index (χ4n) is 3.53. The van der Waals surface area contributed by atoms with E-state index in [1.54, 1.807) is 0 Å². The number of hydrogen-bond donors (Lipinski definition) is 2. The number of hydrogen-bond acceptors (Lipinski definition) is 7. The fraction of sp³-hybridized carbons (Fsp3) is 0.192. The minimum Gasteiger partial charge on any atom is -0.478 e. The van der Waals surface area contributed by atoms with Crippen LogP contribution >= 0.6 is 0 Å². The van der Waals surface area contributed by atoms with Gasteiger partial charge in [0.2, 0.25) is 0 Å². The van der Waals surface area contributed by atoms with Gasteiger partial charge in [0, 0.05) is 48.4 Å². The minimum atomic E-state index is -1.26. The van der Waals surface area contributed by atoms with Crippen LogP contribution in [0, 0.1) is 0 Å². The zero-order chi connectivity index (χ0) is 25.2. The first kappa shape index (κ1) is 25.3. The summed E-state index contributed by atoms with van der Waals surface area (Å²) in [5, 5.41) is 15.6. The first-order valence-corrected chi connectivity index (χ1v) is 11.0. The Balaban J connectivity index is 0.000000371. The standard InChI is InChI=1S/C22H23N5.C4H4O4/c1-26(2)15-6-16-27-20-9-4-3-7-18(20)21(17-10-13-23-14-11-17)25-19-8-5-12-24-22(19)27;5-3(6)1-2-4(7)8/h3-5,7-14H,6,15-16H2,1-2H3;1-2H,(H,5,6)(H,7,8). The molecule has 3 heterocycles. The molecule has 0 fully saturated rings. The topological polar surface area (TPSA) is 119 Å². The summed E-state index contributed by atoms with van der Waals surface area (Å²) in [6.07, 6.45) is 7.62. The second kappa shape index (κ2) is 12.2. The van der Waals surface area contributed by atoms with Gasteiger partial charge in [0.15, 0.2) is 5.82 Å². The van der Waals surface area contributed by atoms with E-state index in [2.05, 4.69) is 58.1 Å². The summed E-state index contributed by atoms with van der Waals surface area (Å²) >= 11 is 0. The molecular formula is C26H27N5O4. The monoisotopic (exact) mass is 473 g/mol. The van der Waals surface area contributed by atoms with E-state index in [1.807, 2.05) is 42.9 Å². The van der Waals surface area contributed by atoms with Gasteiger partial charge in [0.1, 0.15) is 5.69 Å². The lowest BCUT2D eigenvalue weighted by molar-refractivity contribution is -0.134. The molecule has 1 aliphatic rings. The number of anilines is 2. The van der Waals surface area contributed by atoms with E-state index in [0.29, 0.717) is 12.2 Å². The number of benzene rings is 1. The number of carboxylic acids is 2. The third kappa shape index (κ3) is 7.05. The normalized spacial score (nSPS) is 12.2. The quantitative estimate of drug-likeness (QED) is 0.498. The Morgan fingerprint density at radius 3 is 2.29 bits per heavy atom. The summed E-state index contributed by atoms with van der Waals surface area (Å²) in [7, 11) is 4.21. The van der Waals surface area contributed by atoms with Crippen molar-refractivity contribution in [1.29, 1.82) is 0 Å². The summed E-state index contributed by atoms with van der Waals surface area (Å²) < 4.78 is 0. The molecular weight excluding hydrogens is 446 g/mol. The fourth-order valence-corrected chi connectivity index (χ4v) is 3.53. The van der Waals surface area contributed by atoms with Gasteiger partial charge in [-0.1, -0.05) is 18.2 Å². The SMILES string of the molecule is CN(C)CCCN1c2ccccc2C(c2ccncc2)=Nc2cccnc21.O=C(O)C=CC(=O)O. The van der Waals surface area contributed by atoms with Crippen LogP contribution in [0.5, 0.6) is 0 Å². The van der Waals surface area contributed by atoms with Crippen LogP contribution in [0.2, 0.25) is 0 Å². The molecule has 2 N–H and O–H groups in total. The molecule has 4 rings (SSSR count). The Morgan fingerprint density at radius 2 is 1.63 bits per heavy atom. The van der Waals surface area contributed by atoms with Gasteiger partial charge < -0.3 is 20.0 Å². The number of aliphatic carboxylic acids is 2. The maximum atomic E-state index is 9.55. The zero-order valence-corrected chi connectivity index (χ0v) is 19.6. The Hall–Kier alpha value is -4.37. The number of fused-ring (bicyclic) bond motifs is 2. The summed E-state index contributed by atoms with van der Waals surface area (Å²) in [6, 6.07) is 16.4. The van der Waals surface area contributed by atoms with Crippen LogP contribution in [-0.4, -0.2) is 69.9 Å². The van der Waals surface area contributed by atoms with Gasteiger partial charge >= 0.3 is 11.9 Å². The number of aromatic nitrogens is 2. The molecule has 1 aliphatic heterocycles. The van der Waals surface area contributed by atoms with Crippen LogP contribution in [0.25, 0.3) is 0 Å². The van der Waals surface area contributed by atoms with Crippen molar-refractivity contribution >= 4 is 34.8 Å². The molecule has 0 aliphatic carbocycles. The number of nitrogens with zero attached hydrogens (tertiary/aromatic N) is 5. The van der Waals surface area contributed by atoms with Crippen molar-refractivity contribution < 1.29 is 19.8 Å². The van der Waals surface area contributed by atoms with Gasteiger partial charge in [0.05, 0.1) is 11.4 Å². The first-order valence-electron chi connectivity index (χ1n) is 11.0. The molecule has 2 aromatic heterocycles. The number of carboxylic acid groups (broad SMARTS) is 2. The molecule has 1 aromatic carbocycles. The van der Waals surface area contributed by atoms with Crippen molar-refractivity contribution in [2.24, 2.45) is 4.99 Å². The average Bonchev–Trinajstić information content (AvgIpc) is 2.99. The van der Waals surface area contributed by atoms with E-state index in [4.69, 9.17) is 15.2 Å². The highest BCUT2D eigenvalue weighted by atomic mass is 16.4. The Labute approximate surface area is 203 Å². The number of para-hydroxylation sites is 1. The van der Waals surface area contributed by atoms with Crippen LogP contribution in [0.3, 0.4) is 0 Å². The Morgan fingerprint density at radius 1 is 0.943 bits per heavy atom. The van der Waals surface area contributed by atoms with E-state index in [1.165, 1.54) is 0 Å². The minimum absolute atomic E-state index is 0.558. The lowest BCUT2D eigenvalue weighted by Gasteiger charge is -2.26. The van der Waals surface area contributed by atoms with E-state index >= 15 is 0 Å². The van der Waals surface area contributed by atoms with E-state index in [-0.39, 0.29) is 0 Å². The number of rotatable bonds is 7. The summed E-state index contributed by atoms with van der Waals surface area (Å²) in [5.74, 6) is -1.60. The third-order valence-electron chi connectivity index (χ3n) is 5.01. The van der Waals surface area contributed by atoms with Crippen LogP contribution in [0.4, 0.5) is 17.2 Å². The molecule has 9 nitrogen and oxygen atoms in total. The summed E-state index contributed by atoms with van der Waals surface area (Å²) in [6.45, 7) is 1.91. The predicted octanol–water partition coefficient (Wildman–Crippen LogP) is 3.76. The molecule has 9 heteroatoms. The molecule has 0 atom stereocenters. The van der Waals surface area contributed by atoms with E-state index < -0.39 is 11.9 Å². The number of aliphatic imine (C=N–C) groups is 1. The van der Waals surface area contributed by atoms with Crippen LogP contribution in [-0.2, 0) is 9.59 Å². The second-order valence-corrected chi connectivity index (χ2v) is 7.88. The molecule has 0 saturated heterocycles. The highest BCUT2D eigenvalue weighted by Gasteiger charge is 2.24. The van der Waals surface area contributed by atoms with Gasteiger partial charge in [-0.15, -0.1) is 0 Å². The largest absolute Gasteiger partial charge is 0.478 e. The van der Waals surface area contributed by atoms with Crippen molar-refractivity contribution in [3.8, 4) is 0 Å². The average molecular weight is 474 g/mol. The summed E-state index contributed by atoms with van der Waals surface area (Å²) in [4.78, 5) is 37.5. The molecule has 0 saturated carbocycles. The van der Waals surface area contributed by atoms with Gasteiger partial charge in [-0.3, -0.25) is 4.98 Å². The Bertz CT molecular complexity index is 1210. The van der Waals surface area contributed by atoms with Crippen molar-refractivity contribution in [3.05, 3.63) is 90.4 Å². The smallest absolute Gasteiger partial charge is 0.328 e.